The van der Waals surface area contributed by atoms with Crippen LogP contribution in [0.2, 0.25) is 5.02 Å². The lowest BCUT2D eigenvalue weighted by Crippen LogP contribution is -2.15. The van der Waals surface area contributed by atoms with Crippen molar-refractivity contribution in [1.82, 2.24) is 9.55 Å². The summed E-state index contributed by atoms with van der Waals surface area (Å²) in [7, 11) is 1.85. The van der Waals surface area contributed by atoms with Crippen LogP contribution < -0.4 is 10.1 Å². The molecule has 26 heavy (non-hydrogen) atoms. The molecular formula is C19H16ClN3O2S. The van der Waals surface area contributed by atoms with Gasteiger partial charge in [-0.25, -0.2) is 4.98 Å². The molecule has 1 amide bonds. The standard InChI is InChI=1S/C19H16ClN3O2S/c1-3-25-13-6-7-14-17(10-13)26-19(21-14)22-18(24)16-8-11-4-5-12(20)9-15(11)23(16)2/h4-10H,3H2,1-2H3,(H,21,22,24). The number of nitrogens with one attached hydrogen (secondary N) is 1. The summed E-state index contributed by atoms with van der Waals surface area (Å²) in [4.78, 5) is 17.2. The normalized spacial score (nSPS) is 11.2. The molecule has 0 unspecified atom stereocenters. The molecule has 0 spiro atoms. The number of thiazole rings is 1. The van der Waals surface area contributed by atoms with Gasteiger partial charge >= 0.3 is 0 Å². The Kier molecular flexibility index (Phi) is 4.30. The third kappa shape index (κ3) is 3.02. The number of halogens is 1. The van der Waals surface area contributed by atoms with Crippen molar-refractivity contribution in [2.75, 3.05) is 11.9 Å². The average molecular weight is 386 g/mol. The maximum atomic E-state index is 12.7. The molecule has 2 aromatic carbocycles. The Morgan fingerprint density at radius 3 is 2.92 bits per heavy atom. The number of hydrogen-bond acceptors (Lipinski definition) is 4. The Morgan fingerprint density at radius 1 is 1.27 bits per heavy atom. The molecule has 0 aliphatic rings. The number of anilines is 1. The van der Waals surface area contributed by atoms with Crippen molar-refractivity contribution in [3.8, 4) is 5.75 Å². The smallest absolute Gasteiger partial charge is 0.274 e. The van der Waals surface area contributed by atoms with Gasteiger partial charge in [0.25, 0.3) is 5.91 Å². The Labute approximate surface area is 159 Å². The number of carbonyl (C=O) groups is 1. The van der Waals surface area contributed by atoms with Crippen LogP contribution in [0, 0.1) is 0 Å². The lowest BCUT2D eigenvalue weighted by atomic mass is 10.2. The highest BCUT2D eigenvalue weighted by molar-refractivity contribution is 7.22. The second-order valence-electron chi connectivity index (χ2n) is 5.83. The SMILES string of the molecule is CCOc1ccc2nc(NC(=O)c3cc4ccc(Cl)cc4n3C)sc2c1. The number of benzene rings is 2. The van der Waals surface area contributed by atoms with Gasteiger partial charge in [0.2, 0.25) is 0 Å². The molecule has 0 radical (unpaired) electrons. The van der Waals surface area contributed by atoms with Gasteiger partial charge in [0, 0.05) is 23.0 Å². The lowest BCUT2D eigenvalue weighted by Gasteiger charge is -2.04. The monoisotopic (exact) mass is 385 g/mol. The van der Waals surface area contributed by atoms with E-state index in [-0.39, 0.29) is 5.91 Å². The fourth-order valence-corrected chi connectivity index (χ4v) is 3.95. The summed E-state index contributed by atoms with van der Waals surface area (Å²) >= 11 is 7.48. The van der Waals surface area contributed by atoms with Crippen LogP contribution in [0.1, 0.15) is 17.4 Å². The fraction of sp³-hybridized carbons (Fsp3) is 0.158. The molecule has 4 rings (SSSR count). The highest BCUT2D eigenvalue weighted by Gasteiger charge is 2.16. The molecule has 0 aliphatic carbocycles. The number of aryl methyl sites for hydroxylation is 1. The van der Waals surface area contributed by atoms with Crippen molar-refractivity contribution in [3.63, 3.8) is 0 Å². The van der Waals surface area contributed by atoms with Crippen molar-refractivity contribution in [2.45, 2.75) is 6.92 Å². The van der Waals surface area contributed by atoms with E-state index in [4.69, 9.17) is 16.3 Å². The molecule has 132 valence electrons. The van der Waals surface area contributed by atoms with E-state index in [1.165, 1.54) is 11.3 Å². The van der Waals surface area contributed by atoms with Crippen LogP contribution in [-0.4, -0.2) is 22.1 Å². The number of aromatic nitrogens is 2. The molecule has 0 atom stereocenters. The van der Waals surface area contributed by atoms with Crippen LogP contribution in [-0.2, 0) is 7.05 Å². The Hall–Kier alpha value is -2.57. The van der Waals surface area contributed by atoms with E-state index in [1.807, 2.05) is 61.0 Å². The number of amides is 1. The summed E-state index contributed by atoms with van der Waals surface area (Å²) in [6.07, 6.45) is 0. The predicted octanol–water partition coefficient (Wildman–Crippen LogP) is 5.09. The first kappa shape index (κ1) is 16.9. The van der Waals surface area contributed by atoms with Crippen molar-refractivity contribution >= 4 is 55.1 Å². The van der Waals surface area contributed by atoms with Crippen LogP contribution in [0.4, 0.5) is 5.13 Å². The summed E-state index contributed by atoms with van der Waals surface area (Å²) in [6, 6.07) is 13.1. The third-order valence-electron chi connectivity index (χ3n) is 4.13. The van der Waals surface area contributed by atoms with Crippen molar-refractivity contribution in [2.24, 2.45) is 7.05 Å². The second-order valence-corrected chi connectivity index (χ2v) is 7.29. The quantitative estimate of drug-likeness (QED) is 0.532. The molecule has 2 heterocycles. The van der Waals surface area contributed by atoms with E-state index >= 15 is 0 Å². The Balaban J connectivity index is 1.63. The van der Waals surface area contributed by atoms with Gasteiger partial charge in [0.1, 0.15) is 11.4 Å². The summed E-state index contributed by atoms with van der Waals surface area (Å²) in [6.45, 7) is 2.55. The van der Waals surface area contributed by atoms with Crippen molar-refractivity contribution in [1.29, 1.82) is 0 Å². The zero-order chi connectivity index (χ0) is 18.3. The number of fused-ring (bicyclic) bond motifs is 2. The first-order valence-electron chi connectivity index (χ1n) is 8.15. The lowest BCUT2D eigenvalue weighted by molar-refractivity contribution is 0.102. The summed E-state index contributed by atoms with van der Waals surface area (Å²) < 4.78 is 8.31. The molecule has 0 aliphatic heterocycles. The minimum atomic E-state index is -0.205. The molecule has 0 saturated heterocycles. The molecule has 4 aromatic rings. The first-order chi connectivity index (χ1) is 12.5. The van der Waals surface area contributed by atoms with Gasteiger partial charge in [-0.05, 0) is 43.3 Å². The van der Waals surface area contributed by atoms with Crippen LogP contribution in [0.3, 0.4) is 0 Å². The van der Waals surface area contributed by atoms with Crippen molar-refractivity contribution < 1.29 is 9.53 Å². The van der Waals surface area contributed by atoms with E-state index in [9.17, 15) is 4.79 Å². The van der Waals surface area contributed by atoms with Crippen LogP contribution in [0.25, 0.3) is 21.1 Å². The van der Waals surface area contributed by atoms with Gasteiger partial charge in [-0.3, -0.25) is 10.1 Å². The Morgan fingerprint density at radius 2 is 2.12 bits per heavy atom. The predicted molar refractivity (Wildman–Crippen MR) is 107 cm³/mol. The van der Waals surface area contributed by atoms with E-state index in [0.29, 0.717) is 22.5 Å². The average Bonchev–Trinajstić information content (AvgIpc) is 3.15. The van der Waals surface area contributed by atoms with E-state index in [2.05, 4.69) is 10.3 Å². The molecule has 0 fully saturated rings. The fourth-order valence-electron chi connectivity index (χ4n) is 2.90. The number of ether oxygens (including phenoxy) is 1. The molecule has 0 bridgehead atoms. The highest BCUT2D eigenvalue weighted by atomic mass is 35.5. The van der Waals surface area contributed by atoms with Gasteiger partial charge in [0.05, 0.1) is 16.8 Å². The van der Waals surface area contributed by atoms with Crippen LogP contribution in [0.5, 0.6) is 5.75 Å². The van der Waals surface area contributed by atoms with Gasteiger partial charge in [0.15, 0.2) is 5.13 Å². The van der Waals surface area contributed by atoms with E-state index < -0.39 is 0 Å². The topological polar surface area (TPSA) is 56.1 Å². The summed E-state index contributed by atoms with van der Waals surface area (Å²) in [5.74, 6) is 0.594. The maximum Gasteiger partial charge on any atom is 0.274 e. The molecule has 1 N–H and O–H groups in total. The zero-order valence-corrected chi connectivity index (χ0v) is 15.8. The van der Waals surface area contributed by atoms with Gasteiger partial charge in [-0.1, -0.05) is 29.0 Å². The molecule has 5 nitrogen and oxygen atoms in total. The minimum absolute atomic E-state index is 0.205. The molecular weight excluding hydrogens is 370 g/mol. The Bertz CT molecular complexity index is 1130. The van der Waals surface area contributed by atoms with E-state index in [1.54, 1.807) is 0 Å². The first-order valence-corrected chi connectivity index (χ1v) is 9.34. The summed E-state index contributed by atoms with van der Waals surface area (Å²) in [5.41, 5.74) is 2.29. The van der Waals surface area contributed by atoms with Gasteiger partial charge in [-0.2, -0.15) is 0 Å². The van der Waals surface area contributed by atoms with Crippen LogP contribution >= 0.6 is 22.9 Å². The number of carbonyl (C=O) groups excluding carboxylic acids is 1. The number of hydrogen-bond donors (Lipinski definition) is 1. The summed E-state index contributed by atoms with van der Waals surface area (Å²) in [5, 5.41) is 5.05. The minimum Gasteiger partial charge on any atom is -0.494 e. The number of nitrogens with zero attached hydrogens (tertiary/aromatic N) is 2. The van der Waals surface area contributed by atoms with E-state index in [0.717, 1.165) is 26.9 Å². The zero-order valence-electron chi connectivity index (χ0n) is 14.2. The molecule has 2 aromatic heterocycles. The molecule has 7 heteroatoms. The number of rotatable bonds is 4. The van der Waals surface area contributed by atoms with Gasteiger partial charge in [-0.15, -0.1) is 0 Å². The van der Waals surface area contributed by atoms with Crippen molar-refractivity contribution in [3.05, 3.63) is 53.2 Å². The third-order valence-corrected chi connectivity index (χ3v) is 5.30. The highest BCUT2D eigenvalue weighted by Crippen LogP contribution is 2.30. The van der Waals surface area contributed by atoms with Crippen LogP contribution in [0.15, 0.2) is 42.5 Å². The second kappa shape index (κ2) is 6.63. The largest absolute Gasteiger partial charge is 0.494 e. The maximum absolute atomic E-state index is 12.7. The molecule has 0 saturated carbocycles. The van der Waals surface area contributed by atoms with Gasteiger partial charge < -0.3 is 9.30 Å².